The Labute approximate surface area is 118 Å². The molecule has 0 bridgehead atoms. The maximum Gasteiger partial charge on any atom is 0.341 e. The molecule has 0 amide bonds. The van der Waals surface area contributed by atoms with Gasteiger partial charge in [-0.15, -0.1) is 0 Å². The second kappa shape index (κ2) is 4.81. The minimum atomic E-state index is -1.17. The van der Waals surface area contributed by atoms with Crippen LogP contribution in [-0.2, 0) is 7.05 Å². The third-order valence-corrected chi connectivity index (χ3v) is 3.83. The van der Waals surface area contributed by atoms with Crippen molar-refractivity contribution < 1.29 is 9.90 Å². The van der Waals surface area contributed by atoms with E-state index >= 15 is 0 Å². The number of benzene rings is 1. The average Bonchev–Trinajstić information content (AvgIpc) is 2.32. The number of rotatable bonds is 2. The summed E-state index contributed by atoms with van der Waals surface area (Å²) in [6, 6.07) is 5.53. The summed E-state index contributed by atoms with van der Waals surface area (Å²) in [5, 5.41) is 10.1. The molecule has 0 unspecified atom stereocenters. The van der Waals surface area contributed by atoms with Crippen molar-refractivity contribution in [2.24, 2.45) is 7.05 Å². The molecule has 0 aliphatic rings. The zero-order valence-electron chi connectivity index (χ0n) is 10.9. The van der Waals surface area contributed by atoms with E-state index in [1.165, 1.54) is 4.57 Å². The van der Waals surface area contributed by atoms with Gasteiger partial charge in [0.2, 0.25) is 0 Å². The summed E-state index contributed by atoms with van der Waals surface area (Å²) >= 11 is 3.42. The van der Waals surface area contributed by atoms with Crippen molar-refractivity contribution in [2.75, 3.05) is 0 Å². The molecular formula is C14H14BrNO3. The van der Waals surface area contributed by atoms with E-state index in [4.69, 9.17) is 0 Å². The van der Waals surface area contributed by atoms with E-state index < -0.39 is 11.5 Å². The van der Waals surface area contributed by atoms with Crippen LogP contribution < -0.4 is 5.56 Å². The van der Waals surface area contributed by atoms with Crippen LogP contribution in [0, 0.1) is 0 Å². The van der Waals surface area contributed by atoms with E-state index in [1.54, 1.807) is 7.05 Å². The van der Waals surface area contributed by atoms with Crippen molar-refractivity contribution in [1.29, 1.82) is 0 Å². The van der Waals surface area contributed by atoms with Crippen LogP contribution in [0.15, 0.2) is 27.5 Å². The fraction of sp³-hybridized carbons (Fsp3) is 0.286. The number of aryl methyl sites for hydroxylation is 1. The highest BCUT2D eigenvalue weighted by Gasteiger charge is 2.23. The van der Waals surface area contributed by atoms with E-state index in [0.717, 1.165) is 15.4 Å². The van der Waals surface area contributed by atoms with Crippen LogP contribution in [0.1, 0.15) is 35.7 Å². The van der Waals surface area contributed by atoms with E-state index in [1.807, 2.05) is 32.0 Å². The van der Waals surface area contributed by atoms with Crippen LogP contribution in [0.5, 0.6) is 0 Å². The van der Waals surface area contributed by atoms with Crippen LogP contribution in [-0.4, -0.2) is 15.6 Å². The van der Waals surface area contributed by atoms with Crippen molar-refractivity contribution in [3.8, 4) is 0 Å². The molecule has 0 aliphatic heterocycles. The number of halogens is 1. The number of fused-ring (bicyclic) bond motifs is 1. The summed E-state index contributed by atoms with van der Waals surface area (Å²) in [7, 11) is 1.59. The second-order valence-electron chi connectivity index (χ2n) is 4.75. The Morgan fingerprint density at radius 1 is 1.37 bits per heavy atom. The fourth-order valence-corrected chi connectivity index (χ4v) is 3.03. The molecule has 4 nitrogen and oxygen atoms in total. The molecule has 0 atom stereocenters. The molecule has 19 heavy (non-hydrogen) atoms. The van der Waals surface area contributed by atoms with Crippen LogP contribution >= 0.6 is 15.9 Å². The maximum atomic E-state index is 12.3. The zero-order chi connectivity index (χ0) is 14.3. The molecule has 2 aromatic rings. The molecule has 2 rings (SSSR count). The van der Waals surface area contributed by atoms with Gasteiger partial charge >= 0.3 is 5.97 Å². The first kappa shape index (κ1) is 13.8. The number of aromatic nitrogens is 1. The lowest BCUT2D eigenvalue weighted by Gasteiger charge is -2.16. The van der Waals surface area contributed by atoms with E-state index in [9.17, 15) is 14.7 Å². The molecule has 0 saturated carbocycles. The van der Waals surface area contributed by atoms with Crippen molar-refractivity contribution in [1.82, 2.24) is 4.57 Å². The lowest BCUT2D eigenvalue weighted by Crippen LogP contribution is -2.27. The molecule has 1 aromatic carbocycles. The fourth-order valence-electron chi connectivity index (χ4n) is 2.40. The molecule has 0 radical (unpaired) electrons. The summed E-state index contributed by atoms with van der Waals surface area (Å²) in [5.41, 5.74) is 0.701. The number of carboxylic acids is 1. The molecule has 0 spiro atoms. The Morgan fingerprint density at radius 2 is 2.00 bits per heavy atom. The van der Waals surface area contributed by atoms with Gasteiger partial charge in [0.15, 0.2) is 0 Å². The van der Waals surface area contributed by atoms with E-state index in [0.29, 0.717) is 5.56 Å². The number of carbonyl (C=O) groups is 1. The molecular weight excluding hydrogens is 310 g/mol. The third-order valence-electron chi connectivity index (χ3n) is 3.19. The van der Waals surface area contributed by atoms with Crippen molar-refractivity contribution in [3.63, 3.8) is 0 Å². The zero-order valence-corrected chi connectivity index (χ0v) is 12.5. The van der Waals surface area contributed by atoms with Crippen molar-refractivity contribution >= 4 is 32.8 Å². The first-order chi connectivity index (χ1) is 8.86. The van der Waals surface area contributed by atoms with Crippen molar-refractivity contribution in [3.05, 3.63) is 44.2 Å². The molecule has 5 heteroatoms. The smallest absolute Gasteiger partial charge is 0.341 e. The van der Waals surface area contributed by atoms with E-state index in [-0.39, 0.29) is 11.5 Å². The quantitative estimate of drug-likeness (QED) is 0.923. The summed E-state index contributed by atoms with van der Waals surface area (Å²) in [5.74, 6) is -1.22. The van der Waals surface area contributed by atoms with Crippen molar-refractivity contribution in [2.45, 2.75) is 19.8 Å². The summed E-state index contributed by atoms with van der Waals surface area (Å²) in [6.07, 6.45) is 0. The SMILES string of the molecule is CC(C)c1c(C(=O)O)c(=O)n(C)c2c(Br)cccc12. The first-order valence-corrected chi connectivity index (χ1v) is 6.70. The number of nitrogens with zero attached hydrogens (tertiary/aromatic N) is 1. The Kier molecular flexibility index (Phi) is 3.49. The molecule has 0 saturated heterocycles. The van der Waals surface area contributed by atoms with Gasteiger partial charge in [0.25, 0.3) is 5.56 Å². The Hall–Kier alpha value is -1.62. The van der Waals surface area contributed by atoms with Crippen LogP contribution in [0.4, 0.5) is 0 Å². The summed E-state index contributed by atoms with van der Waals surface area (Å²) in [4.78, 5) is 23.7. The van der Waals surface area contributed by atoms with Gasteiger partial charge in [-0.05, 0) is 33.5 Å². The third kappa shape index (κ3) is 2.08. The van der Waals surface area contributed by atoms with Gasteiger partial charge in [0, 0.05) is 16.9 Å². The Bertz CT molecular complexity index is 732. The Morgan fingerprint density at radius 3 is 2.53 bits per heavy atom. The number of hydrogen-bond acceptors (Lipinski definition) is 2. The van der Waals surface area contributed by atoms with Gasteiger partial charge in [0.05, 0.1) is 5.52 Å². The summed E-state index contributed by atoms with van der Waals surface area (Å²) in [6.45, 7) is 3.78. The lowest BCUT2D eigenvalue weighted by atomic mass is 9.93. The number of para-hydroxylation sites is 1. The molecule has 0 fully saturated rings. The molecule has 0 aliphatic carbocycles. The van der Waals surface area contributed by atoms with E-state index in [2.05, 4.69) is 15.9 Å². The number of carboxylic acid groups (broad SMARTS) is 1. The van der Waals surface area contributed by atoms with Crippen LogP contribution in [0.25, 0.3) is 10.9 Å². The van der Waals surface area contributed by atoms with Crippen LogP contribution in [0.2, 0.25) is 0 Å². The second-order valence-corrected chi connectivity index (χ2v) is 5.60. The van der Waals surface area contributed by atoms with Gasteiger partial charge in [-0.1, -0.05) is 26.0 Å². The Balaban J connectivity index is 3.14. The van der Waals surface area contributed by atoms with Gasteiger partial charge < -0.3 is 9.67 Å². The number of aromatic carboxylic acids is 1. The minimum absolute atomic E-state index is 0.0446. The molecule has 1 heterocycles. The topological polar surface area (TPSA) is 59.3 Å². The minimum Gasteiger partial charge on any atom is -0.477 e. The highest BCUT2D eigenvalue weighted by atomic mass is 79.9. The maximum absolute atomic E-state index is 12.3. The highest BCUT2D eigenvalue weighted by molar-refractivity contribution is 9.10. The number of hydrogen-bond donors (Lipinski definition) is 1. The van der Waals surface area contributed by atoms with Crippen LogP contribution in [0.3, 0.4) is 0 Å². The summed E-state index contributed by atoms with van der Waals surface area (Å²) < 4.78 is 2.16. The van der Waals surface area contributed by atoms with Gasteiger partial charge in [-0.25, -0.2) is 4.79 Å². The predicted octanol–water partition coefficient (Wildman–Crippen LogP) is 3.12. The standard InChI is InChI=1S/C14H14BrNO3/c1-7(2)10-8-5-4-6-9(15)12(8)16(3)13(17)11(10)14(18)19/h4-7H,1-3H3,(H,18,19). The first-order valence-electron chi connectivity index (χ1n) is 5.90. The molecule has 1 aromatic heterocycles. The largest absolute Gasteiger partial charge is 0.477 e. The average molecular weight is 324 g/mol. The monoisotopic (exact) mass is 323 g/mol. The molecule has 1 N–H and O–H groups in total. The highest BCUT2D eigenvalue weighted by Crippen LogP contribution is 2.30. The normalized spacial score (nSPS) is 11.2. The van der Waals surface area contributed by atoms with Gasteiger partial charge in [-0.2, -0.15) is 0 Å². The predicted molar refractivity (Wildman–Crippen MR) is 77.9 cm³/mol. The van der Waals surface area contributed by atoms with Gasteiger partial charge in [0.1, 0.15) is 5.56 Å². The number of pyridine rings is 1. The van der Waals surface area contributed by atoms with Gasteiger partial charge in [-0.3, -0.25) is 4.79 Å². The molecule has 100 valence electrons. The lowest BCUT2D eigenvalue weighted by molar-refractivity contribution is 0.0693.